The van der Waals surface area contributed by atoms with Crippen molar-refractivity contribution in [1.29, 1.82) is 0 Å². The highest BCUT2D eigenvalue weighted by Crippen LogP contribution is 2.36. The first-order chi connectivity index (χ1) is 10.4. The Hall–Kier alpha value is -2.07. The van der Waals surface area contributed by atoms with E-state index in [4.69, 9.17) is 4.74 Å². The van der Waals surface area contributed by atoms with Gasteiger partial charge in [0.05, 0.1) is 12.3 Å². The SMILES string of the molecule is CCNCc1cnccc1N1CCCOc2ccccc21. The van der Waals surface area contributed by atoms with Gasteiger partial charge in [-0.3, -0.25) is 4.98 Å². The van der Waals surface area contributed by atoms with Crippen LogP contribution in [0.5, 0.6) is 5.75 Å². The van der Waals surface area contributed by atoms with Crippen molar-refractivity contribution in [3.05, 3.63) is 48.3 Å². The minimum absolute atomic E-state index is 0.765. The summed E-state index contributed by atoms with van der Waals surface area (Å²) in [4.78, 5) is 6.62. The molecule has 3 rings (SSSR count). The number of nitrogens with one attached hydrogen (secondary N) is 1. The van der Waals surface area contributed by atoms with Gasteiger partial charge in [-0.25, -0.2) is 0 Å². The van der Waals surface area contributed by atoms with Gasteiger partial charge in [-0.05, 0) is 31.2 Å². The van der Waals surface area contributed by atoms with E-state index in [-0.39, 0.29) is 0 Å². The molecule has 21 heavy (non-hydrogen) atoms. The average molecular weight is 283 g/mol. The lowest BCUT2D eigenvalue weighted by Crippen LogP contribution is -2.21. The lowest BCUT2D eigenvalue weighted by molar-refractivity contribution is 0.322. The second-order valence-corrected chi connectivity index (χ2v) is 5.11. The number of nitrogens with zero attached hydrogens (tertiary/aromatic N) is 2. The van der Waals surface area contributed by atoms with Crippen molar-refractivity contribution < 1.29 is 4.74 Å². The number of para-hydroxylation sites is 2. The van der Waals surface area contributed by atoms with Gasteiger partial charge < -0.3 is 15.0 Å². The molecule has 0 saturated heterocycles. The highest BCUT2D eigenvalue weighted by Gasteiger charge is 2.19. The number of anilines is 2. The number of rotatable bonds is 4. The molecule has 1 N–H and O–H groups in total. The molecule has 1 aliphatic heterocycles. The summed E-state index contributed by atoms with van der Waals surface area (Å²) in [7, 11) is 0. The maximum Gasteiger partial charge on any atom is 0.142 e. The van der Waals surface area contributed by atoms with Gasteiger partial charge in [0.1, 0.15) is 5.75 Å². The summed E-state index contributed by atoms with van der Waals surface area (Å²) in [5.74, 6) is 0.959. The molecule has 0 unspecified atom stereocenters. The fraction of sp³-hybridized carbons (Fsp3) is 0.353. The molecule has 2 heterocycles. The largest absolute Gasteiger partial charge is 0.491 e. The molecule has 0 aliphatic carbocycles. The second-order valence-electron chi connectivity index (χ2n) is 5.11. The molecule has 1 aromatic heterocycles. The molecule has 1 aliphatic rings. The molecule has 0 bridgehead atoms. The molecule has 0 saturated carbocycles. The first-order valence-electron chi connectivity index (χ1n) is 7.53. The van der Waals surface area contributed by atoms with E-state index in [2.05, 4.69) is 40.3 Å². The summed E-state index contributed by atoms with van der Waals surface area (Å²) in [6, 6.07) is 10.3. The van der Waals surface area contributed by atoms with Crippen molar-refractivity contribution in [2.45, 2.75) is 19.9 Å². The summed E-state index contributed by atoms with van der Waals surface area (Å²) < 4.78 is 5.85. The van der Waals surface area contributed by atoms with E-state index < -0.39 is 0 Å². The molecule has 110 valence electrons. The van der Waals surface area contributed by atoms with Crippen molar-refractivity contribution in [1.82, 2.24) is 10.3 Å². The first kappa shape index (κ1) is 13.9. The predicted molar refractivity (Wildman–Crippen MR) is 85.2 cm³/mol. The molecule has 0 spiro atoms. The second kappa shape index (κ2) is 6.59. The van der Waals surface area contributed by atoms with Crippen LogP contribution in [-0.2, 0) is 6.54 Å². The number of fused-ring (bicyclic) bond motifs is 1. The van der Waals surface area contributed by atoms with Gasteiger partial charge in [-0.1, -0.05) is 19.1 Å². The summed E-state index contributed by atoms with van der Waals surface area (Å²) in [5.41, 5.74) is 3.57. The number of hydrogen-bond donors (Lipinski definition) is 1. The van der Waals surface area contributed by atoms with E-state index in [9.17, 15) is 0 Å². The first-order valence-corrected chi connectivity index (χ1v) is 7.53. The lowest BCUT2D eigenvalue weighted by Gasteiger charge is -2.26. The molecule has 4 heteroatoms. The summed E-state index contributed by atoms with van der Waals surface area (Å²) in [6.07, 6.45) is 4.82. The van der Waals surface area contributed by atoms with Gasteiger partial charge in [-0.2, -0.15) is 0 Å². The standard InChI is InChI=1S/C17H21N3O/c1-2-18-12-14-13-19-9-8-15(14)20-10-5-11-21-17-7-4-3-6-16(17)20/h3-4,6-9,13,18H,2,5,10-12H2,1H3. The van der Waals surface area contributed by atoms with Gasteiger partial charge >= 0.3 is 0 Å². The van der Waals surface area contributed by atoms with Gasteiger partial charge in [0.15, 0.2) is 0 Å². The third-order valence-corrected chi connectivity index (χ3v) is 3.67. The molecule has 4 nitrogen and oxygen atoms in total. The normalized spacial score (nSPS) is 14.2. The van der Waals surface area contributed by atoms with Crippen LogP contribution in [0.2, 0.25) is 0 Å². The van der Waals surface area contributed by atoms with Crippen molar-refractivity contribution in [2.24, 2.45) is 0 Å². The van der Waals surface area contributed by atoms with Gasteiger partial charge in [0.25, 0.3) is 0 Å². The Kier molecular flexibility index (Phi) is 4.36. The molecule has 2 aromatic rings. The molecule has 0 atom stereocenters. The average Bonchev–Trinajstić information content (AvgIpc) is 2.75. The van der Waals surface area contributed by atoms with Crippen LogP contribution in [0.1, 0.15) is 18.9 Å². The molecule has 0 fully saturated rings. The minimum atomic E-state index is 0.765. The van der Waals surface area contributed by atoms with Crippen LogP contribution in [0.3, 0.4) is 0 Å². The maximum absolute atomic E-state index is 5.85. The Morgan fingerprint density at radius 3 is 3.05 bits per heavy atom. The summed E-state index contributed by atoms with van der Waals surface area (Å²) in [6.45, 7) is 5.62. The predicted octanol–water partition coefficient (Wildman–Crippen LogP) is 3.11. The highest BCUT2D eigenvalue weighted by atomic mass is 16.5. The molecule has 0 radical (unpaired) electrons. The van der Waals surface area contributed by atoms with Gasteiger partial charge in [-0.15, -0.1) is 0 Å². The topological polar surface area (TPSA) is 37.4 Å². The van der Waals surface area contributed by atoms with Crippen molar-refractivity contribution in [3.8, 4) is 5.75 Å². The summed E-state index contributed by atoms with van der Waals surface area (Å²) >= 11 is 0. The van der Waals surface area contributed by atoms with Crippen LogP contribution < -0.4 is 15.0 Å². The Morgan fingerprint density at radius 2 is 2.14 bits per heavy atom. The van der Waals surface area contributed by atoms with E-state index in [1.807, 2.05) is 24.5 Å². The van der Waals surface area contributed by atoms with Crippen molar-refractivity contribution in [3.63, 3.8) is 0 Å². The minimum Gasteiger partial charge on any atom is -0.491 e. The van der Waals surface area contributed by atoms with E-state index >= 15 is 0 Å². The third-order valence-electron chi connectivity index (χ3n) is 3.67. The van der Waals surface area contributed by atoms with Crippen LogP contribution in [-0.4, -0.2) is 24.7 Å². The number of hydrogen-bond acceptors (Lipinski definition) is 4. The number of ether oxygens (including phenoxy) is 1. The Bertz CT molecular complexity index is 600. The maximum atomic E-state index is 5.85. The van der Waals surface area contributed by atoms with Gasteiger partial charge in [0, 0.05) is 36.7 Å². The number of aromatic nitrogens is 1. The number of benzene rings is 1. The lowest BCUT2D eigenvalue weighted by atomic mass is 10.1. The zero-order chi connectivity index (χ0) is 14.5. The van der Waals surface area contributed by atoms with Crippen LogP contribution in [0.4, 0.5) is 11.4 Å². The third kappa shape index (κ3) is 3.00. The molecule has 1 aromatic carbocycles. The Balaban J connectivity index is 2.00. The smallest absolute Gasteiger partial charge is 0.142 e. The van der Waals surface area contributed by atoms with Crippen LogP contribution in [0.15, 0.2) is 42.7 Å². The Labute approximate surface area is 125 Å². The zero-order valence-electron chi connectivity index (χ0n) is 12.4. The number of pyridine rings is 1. The highest BCUT2D eigenvalue weighted by molar-refractivity contribution is 5.71. The van der Waals surface area contributed by atoms with E-state index in [1.54, 1.807) is 0 Å². The molecule has 0 amide bonds. The van der Waals surface area contributed by atoms with Crippen LogP contribution in [0, 0.1) is 0 Å². The fourth-order valence-electron chi connectivity index (χ4n) is 2.66. The monoisotopic (exact) mass is 283 g/mol. The van der Waals surface area contributed by atoms with E-state index in [0.717, 1.165) is 44.1 Å². The fourth-order valence-corrected chi connectivity index (χ4v) is 2.66. The van der Waals surface area contributed by atoms with E-state index in [0.29, 0.717) is 0 Å². The summed E-state index contributed by atoms with van der Waals surface area (Å²) in [5, 5.41) is 3.39. The van der Waals surface area contributed by atoms with Gasteiger partial charge in [0.2, 0.25) is 0 Å². The molecular formula is C17H21N3O. The van der Waals surface area contributed by atoms with E-state index in [1.165, 1.54) is 11.3 Å². The van der Waals surface area contributed by atoms with Crippen LogP contribution in [0.25, 0.3) is 0 Å². The van der Waals surface area contributed by atoms with Crippen molar-refractivity contribution >= 4 is 11.4 Å². The van der Waals surface area contributed by atoms with Crippen molar-refractivity contribution in [2.75, 3.05) is 24.6 Å². The Morgan fingerprint density at radius 1 is 1.24 bits per heavy atom. The van der Waals surface area contributed by atoms with Crippen LogP contribution >= 0.6 is 0 Å². The quantitative estimate of drug-likeness (QED) is 0.935. The molecular weight excluding hydrogens is 262 g/mol. The zero-order valence-corrected chi connectivity index (χ0v) is 12.4.